The number of anilines is 3. The lowest BCUT2D eigenvalue weighted by Crippen LogP contribution is -2.11. The van der Waals surface area contributed by atoms with E-state index in [1.807, 2.05) is 30.3 Å². The summed E-state index contributed by atoms with van der Waals surface area (Å²) in [5.41, 5.74) is 13.7. The van der Waals surface area contributed by atoms with Crippen molar-refractivity contribution in [2.24, 2.45) is 0 Å². The Morgan fingerprint density at radius 3 is 1.71 bits per heavy atom. The smallest absolute Gasteiger partial charge is 0.136 e. The van der Waals surface area contributed by atoms with E-state index in [1.165, 1.54) is 11.1 Å². The van der Waals surface area contributed by atoms with Gasteiger partial charge in [0.05, 0.1) is 5.69 Å². The lowest BCUT2D eigenvalue weighted by atomic mass is 10.0. The minimum Gasteiger partial charge on any atom is -0.456 e. The lowest BCUT2D eigenvalue weighted by molar-refractivity contribution is 0.631. The maximum atomic E-state index is 6.30. The minimum absolute atomic E-state index is 0.856. The van der Waals surface area contributed by atoms with Crippen molar-refractivity contribution in [2.45, 2.75) is 0 Å². The first-order chi connectivity index (χ1) is 27.2. The van der Waals surface area contributed by atoms with Gasteiger partial charge in [0, 0.05) is 33.1 Å². The van der Waals surface area contributed by atoms with Crippen molar-refractivity contribution in [2.75, 3.05) is 4.90 Å². The molecule has 0 unspecified atom stereocenters. The molecule has 0 spiro atoms. The number of rotatable bonds is 8. The molecule has 8 aromatic carbocycles. The molecule has 0 N–H and O–H groups in total. The monoisotopic (exact) mass is 705 g/mol. The van der Waals surface area contributed by atoms with Crippen LogP contribution in [0.5, 0.6) is 0 Å². The summed E-state index contributed by atoms with van der Waals surface area (Å²) < 4.78 is 12.5. The van der Waals surface area contributed by atoms with Crippen molar-refractivity contribution in [3.05, 3.63) is 211 Å². The molecule has 0 fully saturated rings. The van der Waals surface area contributed by atoms with Gasteiger partial charge >= 0.3 is 0 Å². The van der Waals surface area contributed by atoms with Crippen LogP contribution in [0.1, 0.15) is 11.1 Å². The SMILES string of the molecule is C(=C\c1ccccc1N(c1ccc(-c2ccccc2)cc1)c1ccc(-c2ccc3c(c2)oc2ccccc23)cc1)/c1ccccc1-c1cc2ccccc2o1. The van der Waals surface area contributed by atoms with Crippen LogP contribution in [-0.2, 0) is 0 Å². The molecule has 0 aliphatic rings. The molecule has 3 heteroatoms. The molecule has 0 aliphatic heterocycles. The highest BCUT2D eigenvalue weighted by atomic mass is 16.3. The summed E-state index contributed by atoms with van der Waals surface area (Å²) in [5.74, 6) is 0.856. The molecule has 0 aliphatic carbocycles. The van der Waals surface area contributed by atoms with Crippen molar-refractivity contribution in [1.82, 2.24) is 0 Å². The molecular formula is C52H35NO2. The Bertz CT molecular complexity index is 2940. The number of benzene rings is 8. The first-order valence-electron chi connectivity index (χ1n) is 18.6. The second-order valence-corrected chi connectivity index (χ2v) is 13.7. The van der Waals surface area contributed by atoms with Crippen LogP contribution in [0, 0.1) is 0 Å². The Hall–Kier alpha value is -7.36. The third kappa shape index (κ3) is 6.18. The topological polar surface area (TPSA) is 29.5 Å². The zero-order valence-corrected chi connectivity index (χ0v) is 30.0. The van der Waals surface area contributed by atoms with Gasteiger partial charge in [0.25, 0.3) is 0 Å². The molecule has 0 bridgehead atoms. The van der Waals surface area contributed by atoms with Gasteiger partial charge in [-0.15, -0.1) is 0 Å². The molecule has 10 aromatic rings. The highest BCUT2D eigenvalue weighted by molar-refractivity contribution is 6.06. The van der Waals surface area contributed by atoms with Gasteiger partial charge in [-0.1, -0.05) is 152 Å². The van der Waals surface area contributed by atoms with Crippen LogP contribution in [0.25, 0.3) is 78.6 Å². The van der Waals surface area contributed by atoms with E-state index in [-0.39, 0.29) is 0 Å². The van der Waals surface area contributed by atoms with Gasteiger partial charge in [-0.25, -0.2) is 0 Å². The van der Waals surface area contributed by atoms with Crippen molar-refractivity contribution in [1.29, 1.82) is 0 Å². The molecule has 0 radical (unpaired) electrons. The predicted molar refractivity (Wildman–Crippen MR) is 230 cm³/mol. The number of furan rings is 2. The van der Waals surface area contributed by atoms with Crippen LogP contribution in [0.2, 0.25) is 0 Å². The molecule has 0 saturated carbocycles. The zero-order valence-electron chi connectivity index (χ0n) is 30.0. The Morgan fingerprint density at radius 1 is 0.364 bits per heavy atom. The Kier molecular flexibility index (Phi) is 8.16. The summed E-state index contributed by atoms with van der Waals surface area (Å²) in [6.07, 6.45) is 4.40. The molecule has 55 heavy (non-hydrogen) atoms. The summed E-state index contributed by atoms with van der Waals surface area (Å²) in [4.78, 5) is 2.34. The Balaban J connectivity index is 1.04. The summed E-state index contributed by atoms with van der Waals surface area (Å²) in [6, 6.07) is 70.1. The zero-order chi connectivity index (χ0) is 36.6. The van der Waals surface area contributed by atoms with E-state index in [1.54, 1.807) is 0 Å². The Morgan fingerprint density at radius 2 is 0.927 bits per heavy atom. The van der Waals surface area contributed by atoms with Crippen molar-refractivity contribution >= 4 is 62.1 Å². The van der Waals surface area contributed by atoms with E-state index in [0.717, 1.165) is 83.5 Å². The highest BCUT2D eigenvalue weighted by Crippen LogP contribution is 2.40. The summed E-state index contributed by atoms with van der Waals surface area (Å²) in [7, 11) is 0. The van der Waals surface area contributed by atoms with Gasteiger partial charge in [-0.2, -0.15) is 0 Å². The van der Waals surface area contributed by atoms with Gasteiger partial charge in [-0.3, -0.25) is 0 Å². The second-order valence-electron chi connectivity index (χ2n) is 13.7. The fraction of sp³-hybridized carbons (Fsp3) is 0. The molecule has 2 aromatic heterocycles. The van der Waals surface area contributed by atoms with E-state index in [2.05, 4.69) is 187 Å². The largest absolute Gasteiger partial charge is 0.456 e. The first-order valence-corrected chi connectivity index (χ1v) is 18.6. The molecule has 0 atom stereocenters. The van der Waals surface area contributed by atoms with Gasteiger partial charge in [-0.05, 0) is 94.0 Å². The lowest BCUT2D eigenvalue weighted by Gasteiger charge is -2.27. The highest BCUT2D eigenvalue weighted by Gasteiger charge is 2.17. The fourth-order valence-electron chi connectivity index (χ4n) is 7.56. The van der Waals surface area contributed by atoms with Crippen LogP contribution in [0.3, 0.4) is 0 Å². The van der Waals surface area contributed by atoms with E-state index in [4.69, 9.17) is 8.83 Å². The first kappa shape index (κ1) is 32.3. The third-order valence-electron chi connectivity index (χ3n) is 10.3. The van der Waals surface area contributed by atoms with Crippen molar-refractivity contribution in [3.8, 4) is 33.6 Å². The second kappa shape index (κ2) is 13.9. The maximum Gasteiger partial charge on any atom is 0.136 e. The number of nitrogens with zero attached hydrogens (tertiary/aromatic N) is 1. The van der Waals surface area contributed by atoms with Crippen LogP contribution < -0.4 is 4.90 Å². The molecular weight excluding hydrogens is 671 g/mol. The van der Waals surface area contributed by atoms with Gasteiger partial charge in [0.2, 0.25) is 0 Å². The van der Waals surface area contributed by atoms with E-state index in [0.29, 0.717) is 0 Å². The van der Waals surface area contributed by atoms with Crippen LogP contribution in [0.4, 0.5) is 17.1 Å². The van der Waals surface area contributed by atoms with E-state index < -0.39 is 0 Å². The number of para-hydroxylation sites is 3. The van der Waals surface area contributed by atoms with Gasteiger partial charge in [0.15, 0.2) is 0 Å². The van der Waals surface area contributed by atoms with Crippen LogP contribution in [0.15, 0.2) is 209 Å². The summed E-state index contributed by atoms with van der Waals surface area (Å²) in [5, 5.41) is 3.36. The predicted octanol–water partition coefficient (Wildman–Crippen LogP) is 15.0. The molecule has 0 amide bonds. The molecule has 3 nitrogen and oxygen atoms in total. The summed E-state index contributed by atoms with van der Waals surface area (Å²) in [6.45, 7) is 0. The third-order valence-corrected chi connectivity index (χ3v) is 10.3. The Labute approximate surface area is 319 Å². The van der Waals surface area contributed by atoms with E-state index >= 15 is 0 Å². The maximum absolute atomic E-state index is 6.30. The molecule has 260 valence electrons. The van der Waals surface area contributed by atoms with Crippen LogP contribution in [-0.4, -0.2) is 0 Å². The quantitative estimate of drug-likeness (QED) is 0.147. The summed E-state index contributed by atoms with van der Waals surface area (Å²) >= 11 is 0. The van der Waals surface area contributed by atoms with Crippen molar-refractivity contribution in [3.63, 3.8) is 0 Å². The molecule has 10 rings (SSSR count). The average Bonchev–Trinajstić information content (AvgIpc) is 3.86. The minimum atomic E-state index is 0.856. The standard InChI is InChI=1S/C52H35NO2/c1-2-12-36(13-3-1)37-24-29-43(30-25-37)53(44-31-26-38(27-32-44)41-28-33-47-46-18-8-11-21-50(46)55-52(47)34-41)48-19-9-5-15-40(48)23-22-39-14-4-7-17-45(39)51-35-42-16-6-10-20-49(42)54-51/h1-35H/b23-22+. The number of hydrogen-bond acceptors (Lipinski definition) is 3. The average molecular weight is 706 g/mol. The normalized spacial score (nSPS) is 11.6. The van der Waals surface area contributed by atoms with Gasteiger partial charge in [0.1, 0.15) is 22.5 Å². The molecule has 0 saturated heterocycles. The number of hydrogen-bond donors (Lipinski definition) is 0. The molecule has 2 heterocycles. The fourth-order valence-corrected chi connectivity index (χ4v) is 7.56. The van der Waals surface area contributed by atoms with Crippen molar-refractivity contribution < 1.29 is 8.83 Å². The van der Waals surface area contributed by atoms with E-state index in [9.17, 15) is 0 Å². The van der Waals surface area contributed by atoms with Crippen LogP contribution >= 0.6 is 0 Å². The number of fused-ring (bicyclic) bond motifs is 4. The van der Waals surface area contributed by atoms with Gasteiger partial charge < -0.3 is 13.7 Å².